The van der Waals surface area contributed by atoms with E-state index in [0.29, 0.717) is 37.3 Å². The van der Waals surface area contributed by atoms with Crippen LogP contribution in [0.4, 0.5) is 5.82 Å². The Labute approximate surface area is 150 Å². The van der Waals surface area contributed by atoms with Gasteiger partial charge in [0.1, 0.15) is 24.2 Å². The predicted molar refractivity (Wildman–Crippen MR) is 92.4 cm³/mol. The van der Waals surface area contributed by atoms with Gasteiger partial charge in [0.15, 0.2) is 0 Å². The van der Waals surface area contributed by atoms with Gasteiger partial charge in [-0.15, -0.1) is 0 Å². The van der Waals surface area contributed by atoms with Crippen molar-refractivity contribution in [3.63, 3.8) is 0 Å². The van der Waals surface area contributed by atoms with Crippen molar-refractivity contribution < 1.29 is 14.4 Å². The molecule has 8 nitrogen and oxygen atoms in total. The molecule has 25 heavy (non-hydrogen) atoms. The Morgan fingerprint density at radius 2 is 2.20 bits per heavy atom. The topological polar surface area (TPSA) is 82.7 Å². The molecule has 1 aromatic carbocycles. The van der Waals surface area contributed by atoms with E-state index in [4.69, 9.17) is 21.1 Å². The largest absolute Gasteiger partial charge is 0.492 e. The van der Waals surface area contributed by atoms with Crippen molar-refractivity contribution in [1.29, 1.82) is 0 Å². The number of likely N-dealkylation sites (N-methyl/N-ethyl adjacent to an activating group) is 1. The highest BCUT2D eigenvalue weighted by molar-refractivity contribution is 6.30. The monoisotopic (exact) mass is 366 g/mol. The lowest BCUT2D eigenvalue weighted by molar-refractivity contribution is -0.389. The number of halogens is 1. The van der Waals surface area contributed by atoms with Gasteiger partial charge in [-0.05, 0) is 43.2 Å². The van der Waals surface area contributed by atoms with Gasteiger partial charge in [-0.3, -0.25) is 9.47 Å². The molecule has 0 amide bonds. The summed E-state index contributed by atoms with van der Waals surface area (Å²) in [5.41, 5.74) is -0.480. The van der Waals surface area contributed by atoms with Crippen LogP contribution in [-0.2, 0) is 6.54 Å². The molecule has 134 valence electrons. The summed E-state index contributed by atoms with van der Waals surface area (Å²) in [6, 6.07) is 7.52. The van der Waals surface area contributed by atoms with Crippen molar-refractivity contribution in [1.82, 2.24) is 14.5 Å². The fourth-order valence-electron chi connectivity index (χ4n) is 2.86. The molecule has 1 unspecified atom stereocenters. The van der Waals surface area contributed by atoms with Gasteiger partial charge in [-0.25, -0.2) is 0 Å². The summed E-state index contributed by atoms with van der Waals surface area (Å²) < 4.78 is 13.2. The van der Waals surface area contributed by atoms with Crippen molar-refractivity contribution in [3.8, 4) is 11.8 Å². The lowest BCUT2D eigenvalue weighted by Gasteiger charge is -2.28. The number of nitro groups is 1. The van der Waals surface area contributed by atoms with Gasteiger partial charge in [-0.1, -0.05) is 11.6 Å². The number of fused-ring (bicyclic) bond motifs is 1. The first-order chi connectivity index (χ1) is 11.8. The first kappa shape index (κ1) is 17.5. The van der Waals surface area contributed by atoms with E-state index >= 15 is 0 Å². The van der Waals surface area contributed by atoms with Crippen LogP contribution in [0.15, 0.2) is 30.5 Å². The molecule has 0 N–H and O–H groups in total. The molecule has 9 heteroatoms. The fourth-order valence-corrected chi connectivity index (χ4v) is 2.99. The summed E-state index contributed by atoms with van der Waals surface area (Å²) >= 11 is 5.84. The summed E-state index contributed by atoms with van der Waals surface area (Å²) in [5.74, 6) is 0.579. The molecule has 0 radical (unpaired) electrons. The van der Waals surface area contributed by atoms with Crippen LogP contribution in [0.5, 0.6) is 11.8 Å². The fraction of sp³-hybridized carbons (Fsp3) is 0.438. The highest BCUT2D eigenvalue weighted by Gasteiger charge is 2.40. The maximum Gasteiger partial charge on any atom is 0.415 e. The van der Waals surface area contributed by atoms with Gasteiger partial charge in [0.05, 0.1) is 6.54 Å². The lowest BCUT2D eigenvalue weighted by Crippen LogP contribution is -2.44. The van der Waals surface area contributed by atoms with Crippen LogP contribution in [0.3, 0.4) is 0 Å². The second kappa shape index (κ2) is 6.89. The van der Waals surface area contributed by atoms with Gasteiger partial charge >= 0.3 is 11.8 Å². The molecule has 0 spiro atoms. The van der Waals surface area contributed by atoms with Gasteiger partial charge in [-0.2, -0.15) is 0 Å². The van der Waals surface area contributed by atoms with Gasteiger partial charge in [0.25, 0.3) is 0 Å². The van der Waals surface area contributed by atoms with Crippen LogP contribution in [-0.4, -0.2) is 51.7 Å². The number of nitrogens with zero attached hydrogens (tertiary/aromatic N) is 4. The average Bonchev–Trinajstić information content (AvgIpc) is 3.04. The van der Waals surface area contributed by atoms with Crippen LogP contribution in [0.1, 0.15) is 6.92 Å². The third-order valence-corrected chi connectivity index (χ3v) is 4.17. The number of imidazole rings is 1. The Morgan fingerprint density at radius 3 is 2.84 bits per heavy atom. The highest BCUT2D eigenvalue weighted by Crippen LogP contribution is 2.31. The van der Waals surface area contributed by atoms with Crippen LogP contribution in [0, 0.1) is 10.1 Å². The standard InChI is InChI=1S/C16H19ClN4O4/c1-16(11-20-9-14(21(22)23)18-15(20)25-16)10-19(2)7-8-24-13-5-3-12(17)4-6-13/h3-6,9H,7-8,10-11H2,1-2H3. The van der Waals surface area contributed by atoms with Gasteiger partial charge < -0.3 is 19.6 Å². The van der Waals surface area contributed by atoms with Crippen LogP contribution >= 0.6 is 11.6 Å². The minimum Gasteiger partial charge on any atom is -0.492 e. The molecule has 1 aliphatic heterocycles. The minimum atomic E-state index is -0.522. The predicted octanol–water partition coefficient (Wildman–Crippen LogP) is 2.61. The molecule has 0 saturated carbocycles. The van der Waals surface area contributed by atoms with Crippen molar-refractivity contribution in [2.45, 2.75) is 19.1 Å². The second-order valence-corrected chi connectivity index (χ2v) is 6.80. The van der Waals surface area contributed by atoms with Crippen molar-refractivity contribution in [2.75, 3.05) is 26.7 Å². The zero-order valence-electron chi connectivity index (χ0n) is 14.0. The Bertz CT molecular complexity index is 738. The van der Waals surface area contributed by atoms with E-state index in [1.807, 2.05) is 26.1 Å². The zero-order valence-corrected chi connectivity index (χ0v) is 14.8. The average molecular weight is 367 g/mol. The van der Waals surface area contributed by atoms with E-state index in [2.05, 4.69) is 9.88 Å². The zero-order chi connectivity index (χ0) is 18.0. The number of aromatic nitrogens is 2. The Balaban J connectivity index is 1.47. The first-order valence-electron chi connectivity index (χ1n) is 7.82. The van der Waals surface area contributed by atoms with E-state index in [1.165, 1.54) is 6.20 Å². The number of rotatable bonds is 7. The molecule has 1 atom stereocenters. The van der Waals surface area contributed by atoms with Gasteiger partial charge in [0, 0.05) is 23.1 Å². The molecular formula is C16H19ClN4O4. The quantitative estimate of drug-likeness (QED) is 0.553. The molecule has 2 heterocycles. The van der Waals surface area contributed by atoms with E-state index in [9.17, 15) is 10.1 Å². The SMILES string of the molecule is CN(CCOc1ccc(Cl)cc1)CC1(C)Cn2cc([N+](=O)[O-])nc2O1. The molecule has 0 saturated heterocycles. The molecule has 0 aliphatic carbocycles. The number of benzene rings is 1. The lowest BCUT2D eigenvalue weighted by atomic mass is 10.1. The van der Waals surface area contributed by atoms with Crippen molar-refractivity contribution >= 4 is 17.4 Å². The number of ether oxygens (including phenoxy) is 2. The summed E-state index contributed by atoms with van der Waals surface area (Å²) in [6.07, 6.45) is 1.41. The molecule has 2 aromatic rings. The smallest absolute Gasteiger partial charge is 0.415 e. The van der Waals surface area contributed by atoms with E-state index in [1.54, 1.807) is 16.7 Å². The Morgan fingerprint density at radius 1 is 1.48 bits per heavy atom. The molecule has 0 bridgehead atoms. The highest BCUT2D eigenvalue weighted by atomic mass is 35.5. The maximum absolute atomic E-state index is 10.7. The normalized spacial score (nSPS) is 18.9. The van der Waals surface area contributed by atoms with E-state index in [-0.39, 0.29) is 5.82 Å². The third kappa shape index (κ3) is 4.21. The Kier molecular flexibility index (Phi) is 4.82. The minimum absolute atomic E-state index is 0.193. The van der Waals surface area contributed by atoms with Crippen LogP contribution in [0.2, 0.25) is 5.02 Å². The molecule has 1 aromatic heterocycles. The summed E-state index contributed by atoms with van der Waals surface area (Å²) in [6.45, 7) is 4.37. The summed E-state index contributed by atoms with van der Waals surface area (Å²) in [5, 5.41) is 11.4. The maximum atomic E-state index is 10.7. The van der Waals surface area contributed by atoms with Gasteiger partial charge in [0.2, 0.25) is 0 Å². The van der Waals surface area contributed by atoms with Crippen molar-refractivity contribution in [3.05, 3.63) is 45.6 Å². The molecular weight excluding hydrogens is 348 g/mol. The third-order valence-electron chi connectivity index (χ3n) is 3.92. The van der Waals surface area contributed by atoms with E-state index in [0.717, 1.165) is 5.75 Å². The Hall–Kier alpha value is -2.32. The molecule has 1 aliphatic rings. The summed E-state index contributed by atoms with van der Waals surface area (Å²) in [7, 11) is 1.98. The number of hydrogen-bond donors (Lipinski definition) is 0. The molecule has 0 fully saturated rings. The second-order valence-electron chi connectivity index (χ2n) is 6.36. The summed E-state index contributed by atoms with van der Waals surface area (Å²) in [4.78, 5) is 16.2. The molecule has 3 rings (SSSR count). The number of hydrogen-bond acceptors (Lipinski definition) is 6. The van der Waals surface area contributed by atoms with Crippen LogP contribution in [0.25, 0.3) is 0 Å². The van der Waals surface area contributed by atoms with Crippen LogP contribution < -0.4 is 9.47 Å². The first-order valence-corrected chi connectivity index (χ1v) is 8.20. The van der Waals surface area contributed by atoms with Crippen molar-refractivity contribution in [2.24, 2.45) is 0 Å². The van der Waals surface area contributed by atoms with E-state index < -0.39 is 10.5 Å².